The van der Waals surface area contributed by atoms with Crippen molar-refractivity contribution in [3.05, 3.63) is 0 Å². The zero-order valence-electron chi connectivity index (χ0n) is 11.0. The predicted molar refractivity (Wildman–Crippen MR) is 65.5 cm³/mol. The molecule has 1 aliphatic heterocycles. The molecule has 2 nitrogen and oxygen atoms in total. The van der Waals surface area contributed by atoms with Gasteiger partial charge in [-0.2, -0.15) is 0 Å². The SMILES string of the molecule is CC(C)(C)CC1CCC(OCC2CO2)CC1. The first-order valence-corrected chi connectivity index (χ1v) is 6.76. The zero-order chi connectivity index (χ0) is 11.6. The van der Waals surface area contributed by atoms with Gasteiger partial charge in [0.1, 0.15) is 6.10 Å². The van der Waals surface area contributed by atoms with Gasteiger partial charge in [-0.1, -0.05) is 20.8 Å². The lowest BCUT2D eigenvalue weighted by molar-refractivity contribution is 0.00657. The smallest absolute Gasteiger partial charge is 0.104 e. The van der Waals surface area contributed by atoms with Crippen LogP contribution in [0.25, 0.3) is 0 Å². The molecule has 1 unspecified atom stereocenters. The topological polar surface area (TPSA) is 21.8 Å². The minimum atomic E-state index is 0.423. The van der Waals surface area contributed by atoms with Crippen LogP contribution in [-0.4, -0.2) is 25.4 Å². The van der Waals surface area contributed by atoms with Gasteiger partial charge in [0.25, 0.3) is 0 Å². The van der Waals surface area contributed by atoms with E-state index >= 15 is 0 Å². The second kappa shape index (κ2) is 5.05. The van der Waals surface area contributed by atoms with Crippen LogP contribution in [0.15, 0.2) is 0 Å². The molecule has 0 spiro atoms. The second-order valence-electron chi connectivity index (χ2n) is 6.70. The normalized spacial score (nSPS) is 35.1. The molecule has 0 aromatic rings. The van der Waals surface area contributed by atoms with Gasteiger partial charge in [-0.15, -0.1) is 0 Å². The first-order chi connectivity index (χ1) is 7.53. The Morgan fingerprint density at radius 2 is 1.75 bits per heavy atom. The average Bonchev–Trinajstić information content (AvgIpc) is 2.98. The van der Waals surface area contributed by atoms with Crippen molar-refractivity contribution in [1.29, 1.82) is 0 Å². The third-order valence-corrected chi connectivity index (χ3v) is 3.62. The second-order valence-corrected chi connectivity index (χ2v) is 6.70. The average molecular weight is 226 g/mol. The van der Waals surface area contributed by atoms with Crippen LogP contribution in [-0.2, 0) is 9.47 Å². The summed E-state index contributed by atoms with van der Waals surface area (Å²) in [6, 6.07) is 0. The molecule has 2 heteroatoms. The highest BCUT2D eigenvalue weighted by Crippen LogP contribution is 2.35. The Bertz CT molecular complexity index is 207. The Morgan fingerprint density at radius 3 is 2.25 bits per heavy atom. The molecular formula is C14H26O2. The summed E-state index contributed by atoms with van der Waals surface area (Å²) in [5, 5.41) is 0. The summed E-state index contributed by atoms with van der Waals surface area (Å²) in [6.07, 6.45) is 7.53. The van der Waals surface area contributed by atoms with Gasteiger partial charge in [0, 0.05) is 0 Å². The summed E-state index contributed by atoms with van der Waals surface area (Å²) in [7, 11) is 0. The van der Waals surface area contributed by atoms with Gasteiger partial charge in [-0.3, -0.25) is 0 Å². The maximum atomic E-state index is 5.86. The van der Waals surface area contributed by atoms with Crippen LogP contribution in [0, 0.1) is 11.3 Å². The number of hydrogen-bond donors (Lipinski definition) is 0. The van der Waals surface area contributed by atoms with Crippen molar-refractivity contribution in [2.75, 3.05) is 13.2 Å². The highest BCUT2D eigenvalue weighted by Gasteiger charge is 2.28. The van der Waals surface area contributed by atoms with Gasteiger partial charge >= 0.3 is 0 Å². The Morgan fingerprint density at radius 1 is 1.12 bits per heavy atom. The predicted octanol–water partition coefficient (Wildman–Crippen LogP) is 3.40. The minimum Gasteiger partial charge on any atom is -0.375 e. The summed E-state index contributed by atoms with van der Waals surface area (Å²) in [6.45, 7) is 8.79. The number of ether oxygens (including phenoxy) is 2. The van der Waals surface area contributed by atoms with Gasteiger partial charge in [-0.25, -0.2) is 0 Å². The van der Waals surface area contributed by atoms with E-state index in [1.807, 2.05) is 0 Å². The van der Waals surface area contributed by atoms with Gasteiger partial charge in [-0.05, 0) is 43.4 Å². The molecular weight excluding hydrogens is 200 g/mol. The van der Waals surface area contributed by atoms with Crippen molar-refractivity contribution < 1.29 is 9.47 Å². The summed E-state index contributed by atoms with van der Waals surface area (Å²) < 4.78 is 11.0. The van der Waals surface area contributed by atoms with Crippen molar-refractivity contribution in [2.24, 2.45) is 11.3 Å². The van der Waals surface area contributed by atoms with Crippen LogP contribution in [0.4, 0.5) is 0 Å². The molecule has 2 fully saturated rings. The fourth-order valence-corrected chi connectivity index (χ4v) is 2.78. The van der Waals surface area contributed by atoms with Crippen LogP contribution in [0.2, 0.25) is 0 Å². The molecule has 1 saturated carbocycles. The summed E-state index contributed by atoms with van der Waals surface area (Å²) in [5.41, 5.74) is 0.486. The molecule has 2 aliphatic rings. The van der Waals surface area contributed by atoms with Crippen molar-refractivity contribution in [3.63, 3.8) is 0 Å². The standard InChI is InChI=1S/C14H26O2/c1-14(2,3)8-11-4-6-12(7-5-11)15-9-13-10-16-13/h11-13H,4-10H2,1-3H3. The third-order valence-electron chi connectivity index (χ3n) is 3.62. The molecule has 0 amide bonds. The molecule has 1 atom stereocenters. The van der Waals surface area contributed by atoms with E-state index in [1.165, 1.54) is 32.1 Å². The minimum absolute atomic E-state index is 0.423. The molecule has 1 saturated heterocycles. The quantitative estimate of drug-likeness (QED) is 0.685. The number of epoxide rings is 1. The summed E-state index contributed by atoms with van der Waals surface area (Å²) >= 11 is 0. The maximum absolute atomic E-state index is 5.86. The molecule has 0 radical (unpaired) electrons. The highest BCUT2D eigenvalue weighted by atomic mass is 16.6. The van der Waals surface area contributed by atoms with Crippen LogP contribution in [0.1, 0.15) is 52.9 Å². The molecule has 1 aliphatic carbocycles. The van der Waals surface area contributed by atoms with Crippen molar-refractivity contribution >= 4 is 0 Å². The van der Waals surface area contributed by atoms with Crippen LogP contribution >= 0.6 is 0 Å². The van der Waals surface area contributed by atoms with Gasteiger partial charge in [0.15, 0.2) is 0 Å². The van der Waals surface area contributed by atoms with Crippen LogP contribution < -0.4 is 0 Å². The van der Waals surface area contributed by atoms with E-state index in [1.54, 1.807) is 0 Å². The largest absolute Gasteiger partial charge is 0.375 e. The lowest BCUT2D eigenvalue weighted by Gasteiger charge is -2.32. The highest BCUT2D eigenvalue weighted by molar-refractivity contribution is 4.78. The van der Waals surface area contributed by atoms with E-state index < -0.39 is 0 Å². The molecule has 94 valence electrons. The fraction of sp³-hybridized carbons (Fsp3) is 1.00. The molecule has 0 bridgehead atoms. The van der Waals surface area contributed by atoms with Gasteiger partial charge in [0.05, 0.1) is 19.3 Å². The Kier molecular flexibility index (Phi) is 3.91. The molecule has 1 heterocycles. The fourth-order valence-electron chi connectivity index (χ4n) is 2.78. The van der Waals surface area contributed by atoms with E-state index in [0.29, 0.717) is 17.6 Å². The number of hydrogen-bond acceptors (Lipinski definition) is 2. The van der Waals surface area contributed by atoms with Gasteiger partial charge in [0.2, 0.25) is 0 Å². The Balaban J connectivity index is 1.61. The van der Waals surface area contributed by atoms with E-state index in [4.69, 9.17) is 9.47 Å². The first kappa shape index (κ1) is 12.4. The molecule has 16 heavy (non-hydrogen) atoms. The Labute approximate surface area is 99.7 Å². The van der Waals surface area contributed by atoms with Crippen molar-refractivity contribution in [1.82, 2.24) is 0 Å². The van der Waals surface area contributed by atoms with Gasteiger partial charge < -0.3 is 9.47 Å². The third kappa shape index (κ3) is 4.42. The lowest BCUT2D eigenvalue weighted by atomic mass is 9.77. The van der Waals surface area contributed by atoms with E-state index in [9.17, 15) is 0 Å². The molecule has 2 rings (SSSR count). The lowest BCUT2D eigenvalue weighted by Crippen LogP contribution is -2.25. The molecule has 0 aromatic carbocycles. The van der Waals surface area contributed by atoms with E-state index in [-0.39, 0.29) is 0 Å². The summed E-state index contributed by atoms with van der Waals surface area (Å²) in [4.78, 5) is 0. The maximum Gasteiger partial charge on any atom is 0.104 e. The van der Waals surface area contributed by atoms with Crippen LogP contribution in [0.5, 0.6) is 0 Å². The zero-order valence-corrected chi connectivity index (χ0v) is 11.0. The van der Waals surface area contributed by atoms with Crippen molar-refractivity contribution in [3.8, 4) is 0 Å². The van der Waals surface area contributed by atoms with E-state index in [2.05, 4.69) is 20.8 Å². The molecule has 0 N–H and O–H groups in total. The van der Waals surface area contributed by atoms with Crippen LogP contribution in [0.3, 0.4) is 0 Å². The number of rotatable bonds is 4. The Hall–Kier alpha value is -0.0800. The summed E-state index contributed by atoms with van der Waals surface area (Å²) in [5.74, 6) is 0.928. The molecule has 0 aromatic heterocycles. The van der Waals surface area contributed by atoms with E-state index in [0.717, 1.165) is 19.1 Å². The first-order valence-electron chi connectivity index (χ1n) is 6.76. The van der Waals surface area contributed by atoms with Crippen molar-refractivity contribution in [2.45, 2.75) is 65.1 Å². The monoisotopic (exact) mass is 226 g/mol.